The van der Waals surface area contributed by atoms with Crippen molar-refractivity contribution in [3.8, 4) is 0 Å². The average molecular weight is 485 g/mol. The van der Waals surface area contributed by atoms with Crippen LogP contribution in [0.15, 0.2) is 0 Å². The van der Waals surface area contributed by atoms with Crippen molar-refractivity contribution < 1.29 is 119 Å². The minimum atomic E-state index is 0. The van der Waals surface area contributed by atoms with Gasteiger partial charge >= 0.3 is 51.4 Å². The van der Waals surface area contributed by atoms with Crippen molar-refractivity contribution in [2.24, 2.45) is 0 Å². The topological polar surface area (TPSA) is 0 Å². The van der Waals surface area contributed by atoms with E-state index in [0.29, 0.717) is 0 Å². The van der Waals surface area contributed by atoms with Gasteiger partial charge in [0.05, 0.1) is 0 Å². The van der Waals surface area contributed by atoms with Gasteiger partial charge in [0.2, 0.25) is 0 Å². The molecule has 0 nitrogen and oxygen atoms in total. The molecule has 0 aromatic heterocycles. The standard InChI is InChI=1S/7Cu.K.H. The first kappa shape index (κ1) is 71.9. The van der Waals surface area contributed by atoms with Gasteiger partial charge < -0.3 is 0 Å². The zero-order valence-electron chi connectivity index (χ0n) is 2.11. The molecule has 0 amide bonds. The first-order valence-electron chi connectivity index (χ1n) is 0. The Morgan fingerprint density at radius 3 is 0.250 bits per heavy atom. The van der Waals surface area contributed by atoms with Crippen LogP contribution in [0.5, 0.6) is 0 Å². The summed E-state index contributed by atoms with van der Waals surface area (Å²) < 4.78 is 0. The fraction of sp³-hybridized carbons (Fsp3) is 0. The summed E-state index contributed by atoms with van der Waals surface area (Å²) in [6.07, 6.45) is 0. The van der Waals surface area contributed by atoms with Crippen LogP contribution in [0.4, 0.5) is 0 Å². The molecule has 8 heavy (non-hydrogen) atoms. The second kappa shape index (κ2) is 56.1. The molecule has 7 radical (unpaired) electrons. The third kappa shape index (κ3) is 42.8. The van der Waals surface area contributed by atoms with E-state index in [1.54, 1.807) is 0 Å². The van der Waals surface area contributed by atoms with E-state index in [1.165, 1.54) is 0 Å². The van der Waals surface area contributed by atoms with E-state index >= 15 is 0 Å². The van der Waals surface area contributed by atoms with Crippen LogP contribution in [0.1, 0.15) is 0 Å². The molecule has 79 valence electrons. The van der Waals surface area contributed by atoms with Gasteiger partial charge in [-0.3, -0.25) is 0 Å². The Balaban J connectivity index is 0. The molecule has 0 aromatic carbocycles. The molecule has 0 spiro atoms. The molecular formula is HCu7K. The Morgan fingerprint density at radius 2 is 0.250 bits per heavy atom. The van der Waals surface area contributed by atoms with Crippen LogP contribution in [-0.2, 0) is 119 Å². The Kier molecular flexibility index (Phi) is 504. The van der Waals surface area contributed by atoms with Gasteiger partial charge in [0.25, 0.3) is 0 Å². The van der Waals surface area contributed by atoms with E-state index in [0.717, 1.165) is 0 Å². The second-order valence-corrected chi connectivity index (χ2v) is 0. The van der Waals surface area contributed by atoms with Gasteiger partial charge in [0, 0.05) is 119 Å². The quantitative estimate of drug-likeness (QED) is 0.400. The first-order chi connectivity index (χ1) is 0. The van der Waals surface area contributed by atoms with Crippen LogP contribution in [0.3, 0.4) is 0 Å². The fourth-order valence-electron chi connectivity index (χ4n) is 0. The summed E-state index contributed by atoms with van der Waals surface area (Å²) in [6, 6.07) is 0. The summed E-state index contributed by atoms with van der Waals surface area (Å²) in [6.45, 7) is 0. The van der Waals surface area contributed by atoms with Crippen LogP contribution >= 0.6 is 0 Å². The summed E-state index contributed by atoms with van der Waals surface area (Å²) >= 11 is 0. The Morgan fingerprint density at radius 1 is 0.250 bits per heavy atom. The zero-order chi connectivity index (χ0) is 0. The van der Waals surface area contributed by atoms with Gasteiger partial charge in [-0.2, -0.15) is 0 Å². The summed E-state index contributed by atoms with van der Waals surface area (Å²) in [7, 11) is 0. The van der Waals surface area contributed by atoms with E-state index < -0.39 is 0 Å². The van der Waals surface area contributed by atoms with Gasteiger partial charge in [-0.25, -0.2) is 0 Å². The predicted octanol–water partition coefficient (Wildman–Crippen LogP) is -0.666. The predicted molar refractivity (Wildman–Crippen MR) is 7.15 cm³/mol. The zero-order valence-corrected chi connectivity index (χ0v) is 8.70. The molecule has 0 N–H and O–H groups in total. The van der Waals surface area contributed by atoms with Crippen LogP contribution in [0.25, 0.3) is 0 Å². The van der Waals surface area contributed by atoms with E-state index in [4.69, 9.17) is 0 Å². The molecule has 0 aliphatic carbocycles. The third-order valence-electron chi connectivity index (χ3n) is 0. The van der Waals surface area contributed by atoms with E-state index in [1.807, 2.05) is 0 Å². The van der Waals surface area contributed by atoms with Gasteiger partial charge in [0.1, 0.15) is 0 Å². The molecule has 0 atom stereocenters. The van der Waals surface area contributed by atoms with Crippen LogP contribution in [0, 0.1) is 0 Å². The summed E-state index contributed by atoms with van der Waals surface area (Å²) in [5.41, 5.74) is 0. The SMILES string of the molecule is [Cu].[Cu].[Cu].[Cu].[Cu].[Cu].[Cu].[KH]. The molecule has 0 aliphatic rings. The molecule has 0 unspecified atom stereocenters. The molecule has 0 heterocycles. The van der Waals surface area contributed by atoms with Crippen molar-refractivity contribution in [3.05, 3.63) is 0 Å². The fourth-order valence-corrected chi connectivity index (χ4v) is 0. The summed E-state index contributed by atoms with van der Waals surface area (Å²) in [4.78, 5) is 0. The first-order valence-corrected chi connectivity index (χ1v) is 0. The van der Waals surface area contributed by atoms with Crippen molar-refractivity contribution in [2.45, 2.75) is 0 Å². The number of hydrogen-bond donors (Lipinski definition) is 0. The Bertz CT molecular complexity index is 4.35. The monoisotopic (exact) mass is 480 g/mol. The second-order valence-electron chi connectivity index (χ2n) is 0. The Labute approximate surface area is 166 Å². The number of rotatable bonds is 0. The van der Waals surface area contributed by atoms with E-state index in [9.17, 15) is 0 Å². The van der Waals surface area contributed by atoms with E-state index in [2.05, 4.69) is 0 Å². The minimum absolute atomic E-state index is 0. The van der Waals surface area contributed by atoms with Gasteiger partial charge in [0.15, 0.2) is 0 Å². The normalized spacial score (nSPS) is 0. The maximum absolute atomic E-state index is 0. The van der Waals surface area contributed by atoms with Crippen molar-refractivity contribution in [2.75, 3.05) is 0 Å². The molecule has 8 heteroatoms. The van der Waals surface area contributed by atoms with Crippen molar-refractivity contribution in [1.82, 2.24) is 0 Å². The molecule has 0 aromatic rings. The molecule has 0 aliphatic heterocycles. The number of hydrogen-bond acceptors (Lipinski definition) is 0. The molecule has 0 saturated carbocycles. The van der Waals surface area contributed by atoms with Crippen molar-refractivity contribution >= 4 is 51.4 Å². The van der Waals surface area contributed by atoms with Gasteiger partial charge in [-0.15, -0.1) is 0 Å². The van der Waals surface area contributed by atoms with E-state index in [-0.39, 0.29) is 171 Å². The van der Waals surface area contributed by atoms with Gasteiger partial charge in [-0.1, -0.05) is 0 Å². The summed E-state index contributed by atoms with van der Waals surface area (Å²) in [5.74, 6) is 0. The van der Waals surface area contributed by atoms with Crippen LogP contribution in [0.2, 0.25) is 0 Å². The Hall–Kier alpha value is 5.27. The molecular weight excluding hydrogens is 484 g/mol. The van der Waals surface area contributed by atoms with Crippen molar-refractivity contribution in [1.29, 1.82) is 0 Å². The summed E-state index contributed by atoms with van der Waals surface area (Å²) in [5, 5.41) is 0. The molecule has 0 saturated heterocycles. The van der Waals surface area contributed by atoms with Crippen LogP contribution < -0.4 is 0 Å². The molecule has 0 fully saturated rings. The van der Waals surface area contributed by atoms with Crippen LogP contribution in [-0.4, -0.2) is 51.4 Å². The van der Waals surface area contributed by atoms with Crippen molar-refractivity contribution in [3.63, 3.8) is 0 Å². The van der Waals surface area contributed by atoms with Gasteiger partial charge in [-0.05, 0) is 0 Å². The third-order valence-corrected chi connectivity index (χ3v) is 0. The average Bonchev–Trinajstić information content (AvgIpc) is 0. The molecule has 0 rings (SSSR count). The maximum atomic E-state index is 0. The molecule has 0 bridgehead atoms.